The molecular formula is C13H21N5. The Kier molecular flexibility index (Phi) is 4.52. The molecule has 1 N–H and O–H groups in total. The third-order valence-corrected chi connectivity index (χ3v) is 2.99. The molecule has 18 heavy (non-hydrogen) atoms. The van der Waals surface area contributed by atoms with Gasteiger partial charge in [0.25, 0.3) is 0 Å². The van der Waals surface area contributed by atoms with E-state index in [0.717, 1.165) is 32.6 Å². The summed E-state index contributed by atoms with van der Waals surface area (Å²) in [6, 6.07) is 2.19. The molecule has 0 radical (unpaired) electrons. The lowest BCUT2D eigenvalue weighted by molar-refractivity contribution is 0.553. The first-order valence-corrected chi connectivity index (χ1v) is 6.55. The zero-order chi connectivity index (χ0) is 12.8. The number of hydrogen-bond acceptors (Lipinski definition) is 3. The summed E-state index contributed by atoms with van der Waals surface area (Å²) in [5.41, 5.74) is 2.43. The lowest BCUT2D eigenvalue weighted by atomic mass is 10.3. The van der Waals surface area contributed by atoms with Crippen molar-refractivity contribution in [2.24, 2.45) is 0 Å². The molecule has 0 aliphatic heterocycles. The summed E-state index contributed by atoms with van der Waals surface area (Å²) in [6.45, 7) is 7.95. The van der Waals surface area contributed by atoms with Gasteiger partial charge < -0.3 is 9.88 Å². The number of hydrogen-bond donors (Lipinski definition) is 1. The van der Waals surface area contributed by atoms with E-state index in [-0.39, 0.29) is 0 Å². The highest BCUT2D eigenvalue weighted by molar-refractivity contribution is 5.10. The molecule has 5 nitrogen and oxygen atoms in total. The van der Waals surface area contributed by atoms with Crippen LogP contribution in [0.25, 0.3) is 0 Å². The number of nitrogens with zero attached hydrogens (tertiary/aromatic N) is 4. The minimum Gasteiger partial charge on any atom is -0.336 e. The van der Waals surface area contributed by atoms with Crippen molar-refractivity contribution in [2.45, 2.75) is 39.9 Å². The van der Waals surface area contributed by atoms with Gasteiger partial charge in [0.05, 0.1) is 17.7 Å². The normalized spacial score (nSPS) is 11.0. The van der Waals surface area contributed by atoms with Gasteiger partial charge in [-0.2, -0.15) is 5.10 Å². The SMILES string of the molecule is CCc1cc(CNCCn2ccnc2)n(CC)n1. The molecule has 0 aromatic carbocycles. The van der Waals surface area contributed by atoms with Crippen LogP contribution in [-0.2, 0) is 26.1 Å². The monoisotopic (exact) mass is 247 g/mol. The van der Waals surface area contributed by atoms with E-state index < -0.39 is 0 Å². The van der Waals surface area contributed by atoms with E-state index in [1.807, 2.05) is 12.5 Å². The van der Waals surface area contributed by atoms with Gasteiger partial charge in [0.1, 0.15) is 0 Å². The fourth-order valence-corrected chi connectivity index (χ4v) is 1.95. The number of aryl methyl sites for hydroxylation is 2. The van der Waals surface area contributed by atoms with Crippen LogP contribution in [0.1, 0.15) is 25.2 Å². The number of nitrogens with one attached hydrogen (secondary N) is 1. The molecule has 0 unspecified atom stereocenters. The van der Waals surface area contributed by atoms with Gasteiger partial charge in [-0.1, -0.05) is 6.92 Å². The minimum atomic E-state index is 0.871. The van der Waals surface area contributed by atoms with Crippen molar-refractivity contribution in [1.29, 1.82) is 0 Å². The summed E-state index contributed by atoms with van der Waals surface area (Å²) < 4.78 is 4.14. The quantitative estimate of drug-likeness (QED) is 0.753. The van der Waals surface area contributed by atoms with Crippen LogP contribution in [0.5, 0.6) is 0 Å². The van der Waals surface area contributed by atoms with Crippen LogP contribution in [0, 0.1) is 0 Å². The third kappa shape index (κ3) is 3.20. The number of imidazole rings is 1. The van der Waals surface area contributed by atoms with Gasteiger partial charge >= 0.3 is 0 Å². The van der Waals surface area contributed by atoms with E-state index >= 15 is 0 Å². The maximum atomic E-state index is 4.54. The van der Waals surface area contributed by atoms with Crippen molar-refractivity contribution in [3.8, 4) is 0 Å². The second-order valence-corrected chi connectivity index (χ2v) is 4.27. The zero-order valence-corrected chi connectivity index (χ0v) is 11.1. The minimum absolute atomic E-state index is 0.871. The summed E-state index contributed by atoms with van der Waals surface area (Å²) in [4.78, 5) is 4.02. The topological polar surface area (TPSA) is 47.7 Å². The zero-order valence-electron chi connectivity index (χ0n) is 11.1. The van der Waals surface area contributed by atoms with E-state index in [9.17, 15) is 0 Å². The molecule has 2 rings (SSSR count). The Morgan fingerprint density at radius 3 is 2.89 bits per heavy atom. The van der Waals surface area contributed by atoms with Gasteiger partial charge in [0.2, 0.25) is 0 Å². The molecule has 0 fully saturated rings. The van der Waals surface area contributed by atoms with E-state index in [4.69, 9.17) is 0 Å². The second-order valence-electron chi connectivity index (χ2n) is 4.27. The van der Waals surface area contributed by atoms with Crippen molar-refractivity contribution in [1.82, 2.24) is 24.6 Å². The first-order chi connectivity index (χ1) is 8.83. The fourth-order valence-electron chi connectivity index (χ4n) is 1.95. The van der Waals surface area contributed by atoms with Crippen molar-refractivity contribution in [3.05, 3.63) is 36.2 Å². The van der Waals surface area contributed by atoms with E-state index in [1.54, 1.807) is 6.20 Å². The van der Waals surface area contributed by atoms with Gasteiger partial charge in [-0.05, 0) is 19.4 Å². The van der Waals surface area contributed by atoms with Gasteiger partial charge in [-0.3, -0.25) is 4.68 Å². The summed E-state index contributed by atoms with van der Waals surface area (Å²) in [5.74, 6) is 0. The standard InChI is InChI=1S/C13H21N5/c1-3-12-9-13(18(4-2)16-12)10-14-5-7-17-8-6-15-11-17/h6,8-9,11,14H,3-5,7,10H2,1-2H3. The van der Waals surface area contributed by atoms with Crippen LogP contribution in [0.15, 0.2) is 24.8 Å². The first kappa shape index (κ1) is 12.8. The van der Waals surface area contributed by atoms with E-state index in [2.05, 4.69) is 44.6 Å². The van der Waals surface area contributed by atoms with Crippen LogP contribution >= 0.6 is 0 Å². The van der Waals surface area contributed by atoms with Gasteiger partial charge in [-0.25, -0.2) is 4.98 Å². The Bertz CT molecular complexity index is 458. The molecule has 0 atom stereocenters. The van der Waals surface area contributed by atoms with Gasteiger partial charge in [0.15, 0.2) is 0 Å². The number of aromatic nitrogens is 4. The molecule has 5 heteroatoms. The molecule has 0 spiro atoms. The van der Waals surface area contributed by atoms with Crippen molar-refractivity contribution >= 4 is 0 Å². The predicted molar refractivity (Wildman–Crippen MR) is 71.2 cm³/mol. The molecule has 2 heterocycles. The third-order valence-electron chi connectivity index (χ3n) is 2.99. The van der Waals surface area contributed by atoms with Crippen LogP contribution in [0.3, 0.4) is 0 Å². The highest BCUT2D eigenvalue weighted by atomic mass is 15.3. The Morgan fingerprint density at radius 2 is 2.22 bits per heavy atom. The Hall–Kier alpha value is -1.62. The second kappa shape index (κ2) is 6.35. The van der Waals surface area contributed by atoms with Crippen LogP contribution < -0.4 is 5.32 Å². The maximum absolute atomic E-state index is 4.54. The molecule has 2 aromatic heterocycles. The van der Waals surface area contributed by atoms with Gasteiger partial charge in [-0.15, -0.1) is 0 Å². The van der Waals surface area contributed by atoms with Crippen molar-refractivity contribution < 1.29 is 0 Å². The highest BCUT2D eigenvalue weighted by Crippen LogP contribution is 2.05. The summed E-state index contributed by atoms with van der Waals surface area (Å²) in [5, 5.41) is 7.98. The average Bonchev–Trinajstić information content (AvgIpc) is 3.03. The van der Waals surface area contributed by atoms with Crippen molar-refractivity contribution in [3.63, 3.8) is 0 Å². The predicted octanol–water partition coefficient (Wildman–Crippen LogP) is 1.45. The molecule has 0 saturated carbocycles. The van der Waals surface area contributed by atoms with Crippen LogP contribution in [0.4, 0.5) is 0 Å². The van der Waals surface area contributed by atoms with Crippen molar-refractivity contribution in [2.75, 3.05) is 6.54 Å². The Balaban J connectivity index is 1.80. The fraction of sp³-hybridized carbons (Fsp3) is 0.538. The Labute approximate surface area is 108 Å². The lowest BCUT2D eigenvalue weighted by Gasteiger charge is -2.07. The van der Waals surface area contributed by atoms with E-state index in [0.29, 0.717) is 0 Å². The molecule has 2 aromatic rings. The maximum Gasteiger partial charge on any atom is 0.0946 e. The van der Waals surface area contributed by atoms with Crippen LogP contribution in [-0.4, -0.2) is 25.9 Å². The van der Waals surface area contributed by atoms with Crippen LogP contribution in [0.2, 0.25) is 0 Å². The highest BCUT2D eigenvalue weighted by Gasteiger charge is 2.04. The molecule has 98 valence electrons. The molecule has 0 aliphatic rings. The first-order valence-electron chi connectivity index (χ1n) is 6.55. The molecule has 0 aliphatic carbocycles. The largest absolute Gasteiger partial charge is 0.336 e. The molecule has 0 bridgehead atoms. The summed E-state index contributed by atoms with van der Waals surface area (Å²) >= 11 is 0. The summed E-state index contributed by atoms with van der Waals surface area (Å²) in [7, 11) is 0. The molecular weight excluding hydrogens is 226 g/mol. The van der Waals surface area contributed by atoms with Gasteiger partial charge in [0, 0.05) is 38.6 Å². The van der Waals surface area contributed by atoms with E-state index in [1.165, 1.54) is 11.4 Å². The molecule has 0 saturated heterocycles. The average molecular weight is 247 g/mol. The number of rotatable bonds is 7. The Morgan fingerprint density at radius 1 is 1.33 bits per heavy atom. The molecule has 0 amide bonds. The summed E-state index contributed by atoms with van der Waals surface area (Å²) in [6.07, 6.45) is 6.62. The lowest BCUT2D eigenvalue weighted by Crippen LogP contribution is -2.20. The smallest absolute Gasteiger partial charge is 0.0946 e.